The summed E-state index contributed by atoms with van der Waals surface area (Å²) >= 11 is 7.89. The van der Waals surface area contributed by atoms with Crippen LogP contribution in [0.5, 0.6) is 0 Å². The monoisotopic (exact) mass is 414 g/mol. The lowest BCUT2D eigenvalue weighted by atomic mass is 10.1. The Morgan fingerprint density at radius 1 is 1.39 bits per heavy atom. The number of H-pyrrole nitrogens is 1. The van der Waals surface area contributed by atoms with Crippen LogP contribution in [0, 0.1) is 5.41 Å². The van der Waals surface area contributed by atoms with E-state index in [9.17, 15) is 4.79 Å². The first-order valence-electron chi connectivity index (χ1n) is 8.86. The molecule has 0 spiro atoms. The van der Waals surface area contributed by atoms with E-state index in [-0.39, 0.29) is 17.7 Å². The van der Waals surface area contributed by atoms with Crippen LogP contribution in [-0.4, -0.2) is 51.2 Å². The van der Waals surface area contributed by atoms with E-state index in [1.807, 2.05) is 11.8 Å². The minimum atomic E-state index is -0.167. The third-order valence-electron chi connectivity index (χ3n) is 4.67. The normalized spacial score (nSPS) is 16.3. The summed E-state index contributed by atoms with van der Waals surface area (Å²) in [5, 5.41) is 15.2. The van der Waals surface area contributed by atoms with E-state index in [0.29, 0.717) is 33.0 Å². The van der Waals surface area contributed by atoms with Crippen molar-refractivity contribution in [2.75, 3.05) is 23.9 Å². The van der Waals surface area contributed by atoms with Crippen molar-refractivity contribution in [2.24, 2.45) is 0 Å². The highest BCUT2D eigenvalue weighted by molar-refractivity contribution is 7.99. The van der Waals surface area contributed by atoms with E-state index in [0.717, 1.165) is 23.6 Å². The molecule has 4 rings (SSSR count). The van der Waals surface area contributed by atoms with Crippen molar-refractivity contribution in [3.05, 3.63) is 52.4 Å². The molecule has 2 aromatic heterocycles. The number of aromatic nitrogens is 3. The van der Waals surface area contributed by atoms with Crippen molar-refractivity contribution in [1.29, 1.82) is 5.41 Å². The fourth-order valence-corrected chi connectivity index (χ4v) is 4.50. The summed E-state index contributed by atoms with van der Waals surface area (Å²) in [7, 11) is 1.77. The maximum atomic E-state index is 12.7. The van der Waals surface area contributed by atoms with E-state index in [1.165, 1.54) is 6.20 Å². The molecule has 1 amide bonds. The SMILES string of the molecule is CNc1cc(Cl)ccc1C(=N)c1cnc2[nH]cc(C(=O)NC3CCSC3)c2n1. The highest BCUT2D eigenvalue weighted by atomic mass is 35.5. The summed E-state index contributed by atoms with van der Waals surface area (Å²) < 4.78 is 0. The van der Waals surface area contributed by atoms with Crippen LogP contribution < -0.4 is 10.6 Å². The Hall–Kier alpha value is -2.58. The Morgan fingerprint density at radius 2 is 2.25 bits per heavy atom. The molecule has 144 valence electrons. The number of amides is 1. The van der Waals surface area contributed by atoms with Gasteiger partial charge in [-0.15, -0.1) is 0 Å². The summed E-state index contributed by atoms with van der Waals surface area (Å²) in [6.07, 6.45) is 4.13. The first-order valence-corrected chi connectivity index (χ1v) is 10.4. The molecule has 7 nitrogen and oxygen atoms in total. The molecule has 1 fully saturated rings. The van der Waals surface area contributed by atoms with E-state index in [1.54, 1.807) is 31.4 Å². The van der Waals surface area contributed by atoms with Crippen LogP contribution in [-0.2, 0) is 0 Å². The van der Waals surface area contributed by atoms with Gasteiger partial charge >= 0.3 is 0 Å². The van der Waals surface area contributed by atoms with Crippen LogP contribution in [0.25, 0.3) is 11.2 Å². The van der Waals surface area contributed by atoms with Gasteiger partial charge in [0.25, 0.3) is 5.91 Å². The maximum absolute atomic E-state index is 12.7. The zero-order chi connectivity index (χ0) is 19.7. The fourth-order valence-electron chi connectivity index (χ4n) is 3.18. The number of benzene rings is 1. The van der Waals surface area contributed by atoms with Gasteiger partial charge in [-0.25, -0.2) is 9.97 Å². The van der Waals surface area contributed by atoms with Crippen LogP contribution in [0.4, 0.5) is 5.69 Å². The lowest BCUT2D eigenvalue weighted by Gasteiger charge is -2.11. The van der Waals surface area contributed by atoms with Crippen LogP contribution in [0.2, 0.25) is 5.02 Å². The number of hydrogen-bond donors (Lipinski definition) is 4. The Balaban J connectivity index is 1.67. The Bertz CT molecular complexity index is 1060. The van der Waals surface area contributed by atoms with Gasteiger partial charge in [0.1, 0.15) is 11.2 Å². The van der Waals surface area contributed by atoms with E-state index in [2.05, 4.69) is 25.6 Å². The number of nitrogens with zero attached hydrogens (tertiary/aromatic N) is 2. The molecule has 9 heteroatoms. The number of carbonyl (C=O) groups is 1. The molecule has 3 aromatic rings. The van der Waals surface area contributed by atoms with Gasteiger partial charge in [-0.3, -0.25) is 10.2 Å². The Morgan fingerprint density at radius 3 is 3.00 bits per heavy atom. The number of aromatic amines is 1. The minimum Gasteiger partial charge on any atom is -0.388 e. The summed E-state index contributed by atoms with van der Waals surface area (Å²) in [6.45, 7) is 0. The van der Waals surface area contributed by atoms with Gasteiger partial charge in [0, 0.05) is 41.3 Å². The minimum absolute atomic E-state index is 0.167. The van der Waals surface area contributed by atoms with Gasteiger partial charge in [-0.05, 0) is 30.4 Å². The average molecular weight is 415 g/mol. The molecule has 0 radical (unpaired) electrons. The second kappa shape index (κ2) is 7.81. The number of nitrogens with one attached hydrogen (secondary N) is 4. The third kappa shape index (κ3) is 3.57. The molecule has 1 unspecified atom stereocenters. The smallest absolute Gasteiger partial charge is 0.255 e. The molecule has 1 aliphatic heterocycles. The predicted octanol–water partition coefficient (Wildman–Crippen LogP) is 3.30. The molecule has 4 N–H and O–H groups in total. The van der Waals surface area contributed by atoms with Gasteiger partial charge in [0.05, 0.1) is 17.5 Å². The van der Waals surface area contributed by atoms with E-state index >= 15 is 0 Å². The predicted molar refractivity (Wildman–Crippen MR) is 114 cm³/mol. The maximum Gasteiger partial charge on any atom is 0.255 e. The number of carbonyl (C=O) groups excluding carboxylic acids is 1. The Kier molecular flexibility index (Phi) is 5.23. The van der Waals surface area contributed by atoms with Crippen molar-refractivity contribution < 1.29 is 4.79 Å². The first kappa shape index (κ1) is 18.8. The number of thioether (sulfide) groups is 1. The van der Waals surface area contributed by atoms with E-state index < -0.39 is 0 Å². The first-order chi connectivity index (χ1) is 13.6. The van der Waals surface area contributed by atoms with Crippen molar-refractivity contribution in [3.8, 4) is 0 Å². The molecule has 0 aliphatic carbocycles. The fraction of sp³-hybridized carbons (Fsp3) is 0.263. The quantitative estimate of drug-likeness (QED) is 0.479. The van der Waals surface area contributed by atoms with Crippen LogP contribution in [0.1, 0.15) is 28.0 Å². The second-order valence-corrected chi connectivity index (χ2v) is 8.09. The molecule has 0 saturated carbocycles. The largest absolute Gasteiger partial charge is 0.388 e. The van der Waals surface area contributed by atoms with Crippen molar-refractivity contribution in [3.63, 3.8) is 0 Å². The molecule has 1 aliphatic rings. The average Bonchev–Trinajstić information content (AvgIpc) is 3.36. The summed E-state index contributed by atoms with van der Waals surface area (Å²) in [5.74, 6) is 1.83. The third-order valence-corrected chi connectivity index (χ3v) is 6.06. The molecule has 28 heavy (non-hydrogen) atoms. The van der Waals surface area contributed by atoms with Crippen molar-refractivity contribution in [1.82, 2.24) is 20.3 Å². The molecule has 1 aromatic carbocycles. The van der Waals surface area contributed by atoms with Gasteiger partial charge in [-0.2, -0.15) is 11.8 Å². The zero-order valence-corrected chi connectivity index (χ0v) is 16.7. The van der Waals surface area contributed by atoms with Gasteiger partial charge in [-0.1, -0.05) is 11.6 Å². The molecule has 3 heterocycles. The molecule has 1 saturated heterocycles. The Labute approximate surface area is 171 Å². The summed E-state index contributed by atoms with van der Waals surface area (Å²) in [6, 6.07) is 5.44. The van der Waals surface area contributed by atoms with Crippen LogP contribution in [0.15, 0.2) is 30.6 Å². The zero-order valence-electron chi connectivity index (χ0n) is 15.2. The molecular weight excluding hydrogens is 396 g/mol. The highest BCUT2D eigenvalue weighted by Gasteiger charge is 2.22. The molecule has 1 atom stereocenters. The van der Waals surface area contributed by atoms with Crippen molar-refractivity contribution >= 4 is 51.8 Å². The summed E-state index contributed by atoms with van der Waals surface area (Å²) in [4.78, 5) is 24.6. The van der Waals surface area contributed by atoms with Crippen LogP contribution in [0.3, 0.4) is 0 Å². The van der Waals surface area contributed by atoms with Gasteiger partial charge in [0.15, 0.2) is 5.65 Å². The number of halogens is 1. The number of anilines is 1. The summed E-state index contributed by atoms with van der Waals surface area (Å²) in [5.41, 5.74) is 3.40. The van der Waals surface area contributed by atoms with E-state index in [4.69, 9.17) is 17.0 Å². The van der Waals surface area contributed by atoms with Crippen molar-refractivity contribution in [2.45, 2.75) is 12.5 Å². The van der Waals surface area contributed by atoms with Crippen LogP contribution >= 0.6 is 23.4 Å². The topological polar surface area (TPSA) is 107 Å². The lowest BCUT2D eigenvalue weighted by Crippen LogP contribution is -2.34. The molecule has 0 bridgehead atoms. The number of hydrogen-bond acceptors (Lipinski definition) is 6. The standard InChI is InChI=1S/C19H19ClN6OS/c1-22-14-6-10(20)2-3-12(14)16(21)15-8-24-18-17(26-15)13(7-23-18)19(27)25-11-4-5-28-9-11/h2-3,6-8,11,21-22H,4-5,9H2,1H3,(H,23,24)(H,25,27). The molecular formula is C19H19ClN6OS. The lowest BCUT2D eigenvalue weighted by molar-refractivity contribution is 0.0942. The van der Waals surface area contributed by atoms with Gasteiger partial charge < -0.3 is 15.6 Å². The number of fused-ring (bicyclic) bond motifs is 1. The second-order valence-electron chi connectivity index (χ2n) is 6.50. The number of rotatable bonds is 5. The highest BCUT2D eigenvalue weighted by Crippen LogP contribution is 2.24. The van der Waals surface area contributed by atoms with Gasteiger partial charge in [0.2, 0.25) is 0 Å².